The maximum Gasteiger partial charge on any atom is 0.127 e. The zero-order valence-corrected chi connectivity index (χ0v) is 16.9. The minimum absolute atomic E-state index is 0.138. The summed E-state index contributed by atoms with van der Waals surface area (Å²) in [7, 11) is -1.35. The third kappa shape index (κ3) is 3.21. The van der Waals surface area contributed by atoms with Crippen molar-refractivity contribution in [1.29, 1.82) is 0 Å². The van der Waals surface area contributed by atoms with Crippen molar-refractivity contribution in [2.75, 3.05) is 5.75 Å². The highest BCUT2D eigenvalue weighted by Gasteiger charge is 2.38. The van der Waals surface area contributed by atoms with Crippen molar-refractivity contribution in [3.63, 3.8) is 0 Å². The van der Waals surface area contributed by atoms with Gasteiger partial charge in [-0.05, 0) is 58.0 Å². The number of hydrogen-bond donors (Lipinski definition) is 1. The zero-order chi connectivity index (χ0) is 19.8. The molecule has 0 saturated heterocycles. The highest BCUT2D eigenvalue weighted by Crippen LogP contribution is 2.39. The van der Waals surface area contributed by atoms with E-state index in [0.29, 0.717) is 0 Å². The quantitative estimate of drug-likeness (QED) is 0.528. The lowest BCUT2D eigenvalue weighted by Crippen LogP contribution is -2.35. The molecule has 4 aromatic carbocycles. The maximum absolute atomic E-state index is 13.4. The van der Waals surface area contributed by atoms with Crippen molar-refractivity contribution in [2.24, 2.45) is 0 Å². The van der Waals surface area contributed by atoms with Crippen LogP contribution in [0.25, 0.3) is 10.8 Å². The van der Waals surface area contributed by atoms with Crippen LogP contribution in [-0.2, 0) is 29.2 Å². The molecule has 4 aromatic rings. The first-order valence-corrected chi connectivity index (χ1v) is 11.2. The predicted octanol–water partition coefficient (Wildman–Crippen LogP) is 4.98. The van der Waals surface area contributed by atoms with E-state index in [4.69, 9.17) is 0 Å². The summed E-state index contributed by atoms with van der Waals surface area (Å²) in [5, 5.41) is 14.2. The molecule has 0 saturated carbocycles. The van der Waals surface area contributed by atoms with Crippen LogP contribution in [0.3, 0.4) is 0 Å². The van der Waals surface area contributed by atoms with Gasteiger partial charge in [0.05, 0.1) is 16.6 Å². The van der Waals surface area contributed by atoms with Crippen LogP contribution < -0.4 is 0 Å². The molecule has 0 bridgehead atoms. The van der Waals surface area contributed by atoms with Gasteiger partial charge in [0.15, 0.2) is 0 Å². The Kier molecular flexibility index (Phi) is 4.57. The Labute approximate surface area is 173 Å². The molecule has 5 rings (SSSR count). The van der Waals surface area contributed by atoms with Crippen LogP contribution in [-0.4, -0.2) is 15.1 Å². The number of benzene rings is 4. The van der Waals surface area contributed by atoms with Crippen LogP contribution in [0.4, 0.5) is 0 Å². The summed E-state index contributed by atoms with van der Waals surface area (Å²) in [6.45, 7) is 0. The smallest absolute Gasteiger partial charge is 0.127 e. The fraction of sp³-hybridized carbons (Fsp3) is 0.154. The van der Waals surface area contributed by atoms with E-state index in [1.165, 1.54) is 0 Å². The topological polar surface area (TPSA) is 37.3 Å². The molecular formula is C26H22O2S. The predicted molar refractivity (Wildman–Crippen MR) is 119 cm³/mol. The van der Waals surface area contributed by atoms with Crippen molar-refractivity contribution < 1.29 is 9.32 Å². The average Bonchev–Trinajstić information content (AvgIpc) is 2.89. The molecule has 0 fully saturated rings. The van der Waals surface area contributed by atoms with Gasteiger partial charge in [-0.2, -0.15) is 0 Å². The second-order valence-electron chi connectivity index (χ2n) is 7.67. The van der Waals surface area contributed by atoms with Gasteiger partial charge >= 0.3 is 0 Å². The van der Waals surface area contributed by atoms with Gasteiger partial charge in [-0.25, -0.2) is 0 Å². The monoisotopic (exact) mass is 398 g/mol. The molecule has 0 heterocycles. The highest BCUT2D eigenvalue weighted by atomic mass is 32.2. The Hall–Kier alpha value is -2.75. The Morgan fingerprint density at radius 2 is 1.28 bits per heavy atom. The first kappa shape index (κ1) is 18.3. The van der Waals surface area contributed by atoms with Gasteiger partial charge in [-0.3, -0.25) is 4.21 Å². The lowest BCUT2D eigenvalue weighted by molar-refractivity contribution is 0.106. The molecule has 0 aliphatic heterocycles. The minimum Gasteiger partial charge on any atom is -0.379 e. The molecule has 1 unspecified atom stereocenters. The summed E-state index contributed by atoms with van der Waals surface area (Å²) in [6, 6.07) is 30.0. The number of aryl methyl sites for hydroxylation is 2. The van der Waals surface area contributed by atoms with E-state index in [1.54, 1.807) is 0 Å². The van der Waals surface area contributed by atoms with E-state index in [9.17, 15) is 9.32 Å². The van der Waals surface area contributed by atoms with E-state index in [-0.39, 0.29) is 5.75 Å². The van der Waals surface area contributed by atoms with Gasteiger partial charge in [-0.15, -0.1) is 0 Å². The molecule has 1 aliphatic rings. The van der Waals surface area contributed by atoms with Crippen LogP contribution in [0.2, 0.25) is 0 Å². The molecule has 2 nitrogen and oxygen atoms in total. The average molecular weight is 399 g/mol. The Balaban J connectivity index is 1.61. The van der Waals surface area contributed by atoms with E-state index in [0.717, 1.165) is 50.8 Å². The standard InChI is InChI=1S/C26H22O2S/c27-26(18-29(28)23-16-15-19-7-1-2-10-22(19)17-23)24-11-5-3-8-20(24)13-14-21-9-4-6-12-25(21)26/h1-12,15-17,27H,13-14,18H2. The molecule has 3 heteroatoms. The van der Waals surface area contributed by atoms with Gasteiger partial charge in [0.2, 0.25) is 0 Å². The highest BCUT2D eigenvalue weighted by molar-refractivity contribution is 7.85. The molecule has 1 atom stereocenters. The number of rotatable bonds is 3. The second kappa shape index (κ2) is 7.25. The summed E-state index contributed by atoms with van der Waals surface area (Å²) in [6.07, 6.45) is 1.75. The van der Waals surface area contributed by atoms with Crippen LogP contribution in [0.15, 0.2) is 95.9 Å². The third-order valence-corrected chi connectivity index (χ3v) is 7.37. The van der Waals surface area contributed by atoms with Crippen LogP contribution in [0, 0.1) is 0 Å². The summed E-state index contributed by atoms with van der Waals surface area (Å²) in [5.74, 6) is 0.138. The van der Waals surface area contributed by atoms with Crippen LogP contribution in [0.1, 0.15) is 22.3 Å². The van der Waals surface area contributed by atoms with Crippen molar-refractivity contribution in [3.05, 3.63) is 113 Å². The minimum atomic E-state index is -1.35. The van der Waals surface area contributed by atoms with Gasteiger partial charge in [0.1, 0.15) is 5.60 Å². The normalized spacial score (nSPS) is 15.9. The number of hydrogen-bond acceptors (Lipinski definition) is 2. The summed E-state index contributed by atoms with van der Waals surface area (Å²) in [4.78, 5) is 0.747. The largest absolute Gasteiger partial charge is 0.379 e. The second-order valence-corrected chi connectivity index (χ2v) is 9.12. The fourth-order valence-corrected chi connectivity index (χ4v) is 5.77. The molecule has 0 amide bonds. The Morgan fingerprint density at radius 3 is 1.93 bits per heavy atom. The van der Waals surface area contributed by atoms with Gasteiger partial charge in [0.25, 0.3) is 0 Å². The summed E-state index contributed by atoms with van der Waals surface area (Å²) >= 11 is 0. The Bertz CT molecular complexity index is 1180. The van der Waals surface area contributed by atoms with E-state index in [2.05, 4.69) is 12.1 Å². The van der Waals surface area contributed by atoms with Gasteiger partial charge in [-0.1, -0.05) is 78.9 Å². The molecule has 0 spiro atoms. The maximum atomic E-state index is 13.4. The van der Waals surface area contributed by atoms with Gasteiger partial charge in [0, 0.05) is 4.90 Å². The number of aliphatic hydroxyl groups is 1. The lowest BCUT2D eigenvalue weighted by Gasteiger charge is -2.30. The molecular weight excluding hydrogens is 376 g/mol. The third-order valence-electron chi connectivity index (χ3n) is 5.91. The molecule has 0 radical (unpaired) electrons. The fourth-order valence-electron chi connectivity index (χ4n) is 4.44. The molecule has 0 aromatic heterocycles. The Morgan fingerprint density at radius 1 is 0.724 bits per heavy atom. The number of fused-ring (bicyclic) bond motifs is 3. The molecule has 1 aliphatic carbocycles. The van der Waals surface area contributed by atoms with E-state index >= 15 is 0 Å². The SMILES string of the molecule is O=S(CC1(O)c2ccccc2CCc2ccccc21)c1ccc2ccccc2c1. The van der Waals surface area contributed by atoms with E-state index in [1.807, 2.05) is 78.9 Å². The molecule has 1 N–H and O–H groups in total. The van der Waals surface area contributed by atoms with Crippen LogP contribution >= 0.6 is 0 Å². The summed E-state index contributed by atoms with van der Waals surface area (Å²) < 4.78 is 13.4. The first-order chi connectivity index (χ1) is 14.1. The van der Waals surface area contributed by atoms with Gasteiger partial charge < -0.3 is 5.11 Å². The van der Waals surface area contributed by atoms with Crippen molar-refractivity contribution >= 4 is 21.6 Å². The lowest BCUT2D eigenvalue weighted by atomic mass is 9.85. The summed E-state index contributed by atoms with van der Waals surface area (Å²) in [5.41, 5.74) is 2.72. The van der Waals surface area contributed by atoms with Crippen molar-refractivity contribution in [3.8, 4) is 0 Å². The molecule has 29 heavy (non-hydrogen) atoms. The van der Waals surface area contributed by atoms with Crippen LogP contribution in [0.5, 0.6) is 0 Å². The van der Waals surface area contributed by atoms with E-state index < -0.39 is 16.4 Å². The van der Waals surface area contributed by atoms with Crippen molar-refractivity contribution in [1.82, 2.24) is 0 Å². The van der Waals surface area contributed by atoms with Crippen molar-refractivity contribution in [2.45, 2.75) is 23.3 Å². The first-order valence-electron chi connectivity index (χ1n) is 9.91. The molecule has 144 valence electrons. The zero-order valence-electron chi connectivity index (χ0n) is 16.0.